The lowest BCUT2D eigenvalue weighted by Gasteiger charge is -2.22. The van der Waals surface area contributed by atoms with Crippen molar-refractivity contribution in [1.82, 2.24) is 5.32 Å². The minimum Gasteiger partial charge on any atom is -0.349 e. The van der Waals surface area contributed by atoms with Crippen LogP contribution in [0, 0.1) is 0 Å². The number of para-hydroxylation sites is 1. The van der Waals surface area contributed by atoms with Gasteiger partial charge in [-0.25, -0.2) is 0 Å². The van der Waals surface area contributed by atoms with E-state index in [1.54, 1.807) is 6.08 Å². The minimum atomic E-state index is 0.0256. The number of carbonyl (C=O) groups excluding carboxylic acids is 2. The second-order valence-electron chi connectivity index (χ2n) is 6.52. The molecule has 2 amide bonds. The van der Waals surface area contributed by atoms with Crippen molar-refractivity contribution in [2.24, 2.45) is 0 Å². The Morgan fingerprint density at radius 1 is 1.32 bits per heavy atom. The van der Waals surface area contributed by atoms with Gasteiger partial charge in [0.25, 0.3) is 5.91 Å². The van der Waals surface area contributed by atoms with E-state index in [1.165, 1.54) is 11.3 Å². The summed E-state index contributed by atoms with van der Waals surface area (Å²) in [6, 6.07) is 10.3. The van der Waals surface area contributed by atoms with Gasteiger partial charge in [-0.05, 0) is 37.0 Å². The zero-order chi connectivity index (χ0) is 17.4. The summed E-state index contributed by atoms with van der Waals surface area (Å²) in [5, 5.41) is 3.06. The lowest BCUT2D eigenvalue weighted by atomic mass is 10.1. The molecule has 128 valence electrons. The van der Waals surface area contributed by atoms with E-state index in [0.29, 0.717) is 19.0 Å². The Morgan fingerprint density at radius 3 is 2.88 bits per heavy atom. The molecule has 0 spiro atoms. The largest absolute Gasteiger partial charge is 0.349 e. The number of anilines is 1. The molecule has 5 heteroatoms. The normalized spacial score (nSPS) is 15.8. The number of hydrogen-bond acceptors (Lipinski definition) is 3. The highest BCUT2D eigenvalue weighted by atomic mass is 32.1. The van der Waals surface area contributed by atoms with E-state index in [9.17, 15) is 9.59 Å². The van der Waals surface area contributed by atoms with E-state index < -0.39 is 0 Å². The molecule has 1 aliphatic carbocycles. The predicted octanol–water partition coefficient (Wildman–Crippen LogP) is 3.77. The first-order chi connectivity index (χ1) is 12.2. The second kappa shape index (κ2) is 6.48. The molecule has 0 bridgehead atoms. The molecule has 4 nitrogen and oxygen atoms in total. The van der Waals surface area contributed by atoms with Gasteiger partial charge in [0.05, 0.1) is 10.6 Å². The van der Waals surface area contributed by atoms with Crippen molar-refractivity contribution in [3.05, 3.63) is 53.4 Å². The molecule has 2 aliphatic rings. The maximum absolute atomic E-state index is 12.5. The van der Waals surface area contributed by atoms with E-state index in [2.05, 4.69) is 11.9 Å². The van der Waals surface area contributed by atoms with Gasteiger partial charge in [-0.1, -0.05) is 24.3 Å². The van der Waals surface area contributed by atoms with E-state index >= 15 is 0 Å². The van der Waals surface area contributed by atoms with E-state index in [1.807, 2.05) is 35.2 Å². The van der Waals surface area contributed by atoms with Crippen LogP contribution < -0.4 is 10.2 Å². The fourth-order valence-corrected chi connectivity index (χ4v) is 4.33. The molecule has 1 aliphatic heterocycles. The van der Waals surface area contributed by atoms with Crippen LogP contribution in [-0.2, 0) is 11.2 Å². The van der Waals surface area contributed by atoms with E-state index in [-0.39, 0.29) is 11.8 Å². The Hall–Kier alpha value is -2.40. The third-order valence-electron chi connectivity index (χ3n) is 4.61. The Bertz CT molecular complexity index is 851. The monoisotopic (exact) mass is 352 g/mol. The van der Waals surface area contributed by atoms with Gasteiger partial charge in [-0.3, -0.25) is 9.59 Å². The van der Waals surface area contributed by atoms with Crippen molar-refractivity contribution in [2.75, 3.05) is 11.4 Å². The van der Waals surface area contributed by atoms with Gasteiger partial charge in [0.2, 0.25) is 5.91 Å². The first-order valence-electron chi connectivity index (χ1n) is 8.61. The standard InChI is InChI=1S/C20H20N2O2S/c1-2-5-18(23)22-11-10-13-12-17(20(24)21-14-8-9-14)25-19(13)15-6-3-4-7-16(15)22/h2-4,6-7,12,14H,1,5,8-11H2,(H,21,24). The summed E-state index contributed by atoms with van der Waals surface area (Å²) in [4.78, 5) is 28.6. The van der Waals surface area contributed by atoms with Gasteiger partial charge < -0.3 is 10.2 Å². The number of benzene rings is 1. The maximum atomic E-state index is 12.5. The number of fused-ring (bicyclic) bond motifs is 3. The summed E-state index contributed by atoms with van der Waals surface area (Å²) in [6.45, 7) is 4.30. The number of nitrogens with zero attached hydrogens (tertiary/aromatic N) is 1. The summed E-state index contributed by atoms with van der Waals surface area (Å²) >= 11 is 1.53. The van der Waals surface area contributed by atoms with Crippen LogP contribution in [0.3, 0.4) is 0 Å². The van der Waals surface area contributed by atoms with Gasteiger partial charge in [0.15, 0.2) is 0 Å². The van der Waals surface area contributed by atoms with Crippen molar-refractivity contribution in [3.8, 4) is 10.4 Å². The van der Waals surface area contributed by atoms with Crippen molar-refractivity contribution in [3.63, 3.8) is 0 Å². The SMILES string of the molecule is C=CCC(=O)N1CCc2cc(C(=O)NC3CC3)sc2-c2ccccc21. The molecule has 0 radical (unpaired) electrons. The van der Waals surface area contributed by atoms with Gasteiger partial charge in [-0.15, -0.1) is 17.9 Å². The Morgan fingerprint density at radius 2 is 2.12 bits per heavy atom. The van der Waals surface area contributed by atoms with E-state index in [4.69, 9.17) is 0 Å². The van der Waals surface area contributed by atoms with Crippen LogP contribution in [0.2, 0.25) is 0 Å². The van der Waals surface area contributed by atoms with Gasteiger partial charge in [-0.2, -0.15) is 0 Å². The van der Waals surface area contributed by atoms with E-state index in [0.717, 1.165) is 45.8 Å². The van der Waals surface area contributed by atoms with Crippen LogP contribution in [0.4, 0.5) is 5.69 Å². The summed E-state index contributed by atoms with van der Waals surface area (Å²) < 4.78 is 0. The molecule has 0 unspecified atom stereocenters. The van der Waals surface area contributed by atoms with Gasteiger partial charge in [0.1, 0.15) is 0 Å². The molecule has 1 N–H and O–H groups in total. The highest BCUT2D eigenvalue weighted by molar-refractivity contribution is 7.17. The summed E-state index contributed by atoms with van der Waals surface area (Å²) in [5.41, 5.74) is 3.10. The van der Waals surface area contributed by atoms with Crippen LogP contribution in [-0.4, -0.2) is 24.4 Å². The first kappa shape index (κ1) is 16.1. The number of thiophene rings is 1. The van der Waals surface area contributed by atoms with Gasteiger partial charge in [0, 0.05) is 29.4 Å². The smallest absolute Gasteiger partial charge is 0.261 e. The zero-order valence-corrected chi connectivity index (χ0v) is 14.8. The fraction of sp³-hybridized carbons (Fsp3) is 0.300. The molecular formula is C20H20N2O2S. The molecule has 2 heterocycles. The summed E-state index contributed by atoms with van der Waals surface area (Å²) in [6.07, 6.45) is 4.89. The summed E-state index contributed by atoms with van der Waals surface area (Å²) in [7, 11) is 0. The first-order valence-corrected chi connectivity index (χ1v) is 9.43. The fourth-order valence-electron chi connectivity index (χ4n) is 3.18. The molecule has 0 atom stereocenters. The highest BCUT2D eigenvalue weighted by Crippen LogP contribution is 2.41. The topological polar surface area (TPSA) is 49.4 Å². The summed E-state index contributed by atoms with van der Waals surface area (Å²) in [5.74, 6) is 0.0851. The lowest BCUT2D eigenvalue weighted by molar-refractivity contribution is -0.117. The molecule has 1 aromatic heterocycles. The molecular weight excluding hydrogens is 332 g/mol. The van der Waals surface area contributed by atoms with Crippen molar-refractivity contribution >= 4 is 28.8 Å². The van der Waals surface area contributed by atoms with Crippen molar-refractivity contribution in [2.45, 2.75) is 31.7 Å². The Balaban J connectivity index is 1.72. The van der Waals surface area contributed by atoms with Crippen LogP contribution in [0.25, 0.3) is 10.4 Å². The van der Waals surface area contributed by atoms with Crippen molar-refractivity contribution in [1.29, 1.82) is 0 Å². The Kier molecular flexibility index (Phi) is 4.17. The average Bonchev–Trinajstić information content (AvgIpc) is 3.35. The third kappa shape index (κ3) is 3.12. The van der Waals surface area contributed by atoms with Crippen LogP contribution in [0.15, 0.2) is 43.0 Å². The van der Waals surface area contributed by atoms with Gasteiger partial charge >= 0.3 is 0 Å². The molecule has 25 heavy (non-hydrogen) atoms. The predicted molar refractivity (Wildman–Crippen MR) is 101 cm³/mol. The van der Waals surface area contributed by atoms with Crippen LogP contribution >= 0.6 is 11.3 Å². The van der Waals surface area contributed by atoms with Crippen molar-refractivity contribution < 1.29 is 9.59 Å². The number of hydrogen-bond donors (Lipinski definition) is 1. The third-order valence-corrected chi connectivity index (χ3v) is 5.82. The molecule has 1 fully saturated rings. The minimum absolute atomic E-state index is 0.0256. The maximum Gasteiger partial charge on any atom is 0.261 e. The van der Waals surface area contributed by atoms with Crippen LogP contribution in [0.5, 0.6) is 0 Å². The second-order valence-corrected chi connectivity index (χ2v) is 7.57. The molecule has 4 rings (SSSR count). The lowest BCUT2D eigenvalue weighted by Crippen LogP contribution is -2.31. The quantitative estimate of drug-likeness (QED) is 0.852. The number of rotatable bonds is 4. The number of carbonyl (C=O) groups is 2. The highest BCUT2D eigenvalue weighted by Gasteiger charge is 2.28. The number of amides is 2. The molecule has 1 saturated carbocycles. The molecule has 2 aromatic rings. The molecule has 1 aromatic carbocycles. The van der Waals surface area contributed by atoms with Crippen LogP contribution in [0.1, 0.15) is 34.5 Å². The average molecular weight is 352 g/mol. The zero-order valence-electron chi connectivity index (χ0n) is 14.0. The molecule has 0 saturated heterocycles. The number of nitrogens with one attached hydrogen (secondary N) is 1. The Labute approximate surface area is 151 Å².